The third-order valence-electron chi connectivity index (χ3n) is 4.72. The van der Waals surface area contributed by atoms with Crippen LogP contribution in [0.3, 0.4) is 0 Å². The second kappa shape index (κ2) is 8.37. The quantitative estimate of drug-likeness (QED) is 0.581. The van der Waals surface area contributed by atoms with Gasteiger partial charge in [0.15, 0.2) is 0 Å². The molecule has 0 aromatic heterocycles. The average molecular weight is 389 g/mol. The van der Waals surface area contributed by atoms with Crippen molar-refractivity contribution >= 4 is 34.6 Å². The zero-order valence-corrected chi connectivity index (χ0v) is 15.8. The van der Waals surface area contributed by atoms with E-state index in [1.165, 1.54) is 6.07 Å². The third-order valence-corrected chi connectivity index (χ3v) is 4.96. The van der Waals surface area contributed by atoms with Crippen LogP contribution < -0.4 is 9.80 Å². The number of carbonyl (C=O) groups is 1. The van der Waals surface area contributed by atoms with E-state index < -0.39 is 4.92 Å². The van der Waals surface area contributed by atoms with Gasteiger partial charge in [-0.1, -0.05) is 29.8 Å². The lowest BCUT2D eigenvalue weighted by Gasteiger charge is -2.36. The van der Waals surface area contributed by atoms with Gasteiger partial charge in [-0.25, -0.2) is 0 Å². The Balaban J connectivity index is 1.60. The molecule has 1 fully saturated rings. The molecular formula is C19H21ClN4O3. The molecule has 1 saturated heterocycles. The minimum Gasteiger partial charge on any atom is -0.363 e. The van der Waals surface area contributed by atoms with E-state index >= 15 is 0 Å². The van der Waals surface area contributed by atoms with Gasteiger partial charge in [0.25, 0.3) is 5.69 Å². The van der Waals surface area contributed by atoms with Crippen LogP contribution in [0.1, 0.15) is 0 Å². The average Bonchev–Trinajstić information content (AvgIpc) is 2.68. The van der Waals surface area contributed by atoms with Gasteiger partial charge in [0, 0.05) is 50.0 Å². The minimum absolute atomic E-state index is 0.0100. The molecule has 1 aliphatic rings. The van der Waals surface area contributed by atoms with E-state index in [9.17, 15) is 14.9 Å². The van der Waals surface area contributed by atoms with Crippen molar-refractivity contribution in [2.75, 3.05) is 49.6 Å². The van der Waals surface area contributed by atoms with E-state index in [4.69, 9.17) is 11.6 Å². The van der Waals surface area contributed by atoms with Crippen molar-refractivity contribution in [3.8, 4) is 0 Å². The van der Waals surface area contributed by atoms with Crippen LogP contribution in [0, 0.1) is 10.1 Å². The van der Waals surface area contributed by atoms with Crippen molar-refractivity contribution in [3.63, 3.8) is 0 Å². The molecule has 1 heterocycles. The molecule has 27 heavy (non-hydrogen) atoms. The van der Waals surface area contributed by atoms with Crippen molar-refractivity contribution in [2.24, 2.45) is 0 Å². The Morgan fingerprint density at radius 2 is 1.81 bits per heavy atom. The van der Waals surface area contributed by atoms with E-state index in [2.05, 4.69) is 4.90 Å². The molecule has 0 bridgehead atoms. The van der Waals surface area contributed by atoms with Gasteiger partial charge < -0.3 is 9.80 Å². The van der Waals surface area contributed by atoms with E-state index in [1.54, 1.807) is 24.1 Å². The molecule has 0 unspecified atom stereocenters. The lowest BCUT2D eigenvalue weighted by molar-refractivity contribution is -0.384. The van der Waals surface area contributed by atoms with Gasteiger partial charge in [-0.2, -0.15) is 0 Å². The standard InChI is InChI=1S/C19H21ClN4O3/c1-21(16-5-3-2-4-6-16)19(25)14-22-9-11-23(12-10-22)17-8-7-15(20)13-18(17)24(26)27/h2-8,13H,9-12,14H2,1H3. The molecular weight excluding hydrogens is 368 g/mol. The van der Waals surface area contributed by atoms with Crippen LogP contribution in [-0.4, -0.2) is 55.5 Å². The van der Waals surface area contributed by atoms with Crippen LogP contribution in [0.2, 0.25) is 5.02 Å². The smallest absolute Gasteiger partial charge is 0.294 e. The third kappa shape index (κ3) is 4.56. The number of hydrogen-bond donors (Lipinski definition) is 0. The Morgan fingerprint density at radius 3 is 2.44 bits per heavy atom. The first-order valence-electron chi connectivity index (χ1n) is 8.68. The monoisotopic (exact) mass is 388 g/mol. The maximum atomic E-state index is 12.5. The highest BCUT2D eigenvalue weighted by Crippen LogP contribution is 2.31. The van der Waals surface area contributed by atoms with E-state index in [0.29, 0.717) is 43.4 Å². The number of anilines is 2. The van der Waals surface area contributed by atoms with Crippen LogP contribution in [0.5, 0.6) is 0 Å². The highest BCUT2D eigenvalue weighted by Gasteiger charge is 2.25. The Bertz CT molecular complexity index is 823. The summed E-state index contributed by atoms with van der Waals surface area (Å²) < 4.78 is 0. The number of nitro groups is 1. The fourth-order valence-corrected chi connectivity index (χ4v) is 3.32. The van der Waals surface area contributed by atoms with E-state index in [0.717, 1.165) is 5.69 Å². The van der Waals surface area contributed by atoms with E-state index in [-0.39, 0.29) is 11.6 Å². The molecule has 8 heteroatoms. The van der Waals surface area contributed by atoms with Gasteiger partial charge in [-0.15, -0.1) is 0 Å². The fourth-order valence-electron chi connectivity index (χ4n) is 3.15. The zero-order valence-electron chi connectivity index (χ0n) is 15.0. The Hall–Kier alpha value is -2.64. The van der Waals surface area contributed by atoms with Crippen molar-refractivity contribution < 1.29 is 9.72 Å². The molecule has 142 valence electrons. The predicted octanol–water partition coefficient (Wildman–Crippen LogP) is 3.03. The molecule has 1 aliphatic heterocycles. The molecule has 0 spiro atoms. The molecule has 0 radical (unpaired) electrons. The van der Waals surface area contributed by atoms with Crippen molar-refractivity contribution in [1.29, 1.82) is 0 Å². The van der Waals surface area contributed by atoms with Crippen molar-refractivity contribution in [2.45, 2.75) is 0 Å². The number of nitrogens with zero attached hydrogens (tertiary/aromatic N) is 4. The van der Waals surface area contributed by atoms with Crippen LogP contribution >= 0.6 is 11.6 Å². The van der Waals surface area contributed by atoms with Gasteiger partial charge >= 0.3 is 0 Å². The molecule has 3 rings (SSSR count). The summed E-state index contributed by atoms with van der Waals surface area (Å²) in [4.78, 5) is 29.1. The minimum atomic E-state index is -0.411. The second-order valence-corrected chi connectivity index (χ2v) is 6.88. The summed E-state index contributed by atoms with van der Waals surface area (Å²) in [7, 11) is 1.77. The summed E-state index contributed by atoms with van der Waals surface area (Å²) in [6.45, 7) is 2.87. The molecule has 2 aromatic rings. The van der Waals surface area contributed by atoms with Crippen LogP contribution in [0.15, 0.2) is 48.5 Å². The Labute approximate surface area is 162 Å². The lowest BCUT2D eigenvalue weighted by Crippen LogP contribution is -2.49. The maximum Gasteiger partial charge on any atom is 0.294 e. The fraction of sp³-hybridized carbons (Fsp3) is 0.316. The maximum absolute atomic E-state index is 12.5. The molecule has 0 saturated carbocycles. The van der Waals surface area contributed by atoms with E-state index in [1.807, 2.05) is 35.2 Å². The van der Waals surface area contributed by atoms with Gasteiger partial charge in [0.2, 0.25) is 5.91 Å². The number of amides is 1. The summed E-state index contributed by atoms with van der Waals surface area (Å²) in [5.41, 5.74) is 1.44. The van der Waals surface area contributed by atoms with Crippen LogP contribution in [0.25, 0.3) is 0 Å². The largest absolute Gasteiger partial charge is 0.363 e. The lowest BCUT2D eigenvalue weighted by atomic mass is 10.2. The molecule has 2 aromatic carbocycles. The highest BCUT2D eigenvalue weighted by atomic mass is 35.5. The number of para-hydroxylation sites is 1. The summed E-state index contributed by atoms with van der Waals surface area (Å²) in [6, 6.07) is 14.2. The molecule has 7 nitrogen and oxygen atoms in total. The van der Waals surface area contributed by atoms with Crippen LogP contribution in [-0.2, 0) is 4.79 Å². The highest BCUT2D eigenvalue weighted by molar-refractivity contribution is 6.30. The number of carbonyl (C=O) groups excluding carboxylic acids is 1. The normalized spacial score (nSPS) is 14.8. The van der Waals surface area contributed by atoms with Crippen molar-refractivity contribution in [3.05, 3.63) is 63.7 Å². The molecule has 1 amide bonds. The SMILES string of the molecule is CN(C(=O)CN1CCN(c2ccc(Cl)cc2[N+](=O)[O-])CC1)c1ccccc1. The van der Waals surface area contributed by atoms with Gasteiger partial charge in [0.1, 0.15) is 5.69 Å². The first kappa shape index (κ1) is 19.1. The van der Waals surface area contributed by atoms with Gasteiger partial charge in [-0.05, 0) is 24.3 Å². The number of benzene rings is 2. The number of rotatable bonds is 5. The summed E-state index contributed by atoms with van der Waals surface area (Å²) >= 11 is 5.89. The number of hydrogen-bond acceptors (Lipinski definition) is 5. The Morgan fingerprint density at radius 1 is 1.15 bits per heavy atom. The van der Waals surface area contributed by atoms with Gasteiger partial charge in [0.05, 0.1) is 11.5 Å². The van der Waals surface area contributed by atoms with Gasteiger partial charge in [-0.3, -0.25) is 19.8 Å². The molecule has 0 aliphatic carbocycles. The van der Waals surface area contributed by atoms with Crippen LogP contribution in [0.4, 0.5) is 17.1 Å². The first-order valence-corrected chi connectivity index (χ1v) is 9.06. The second-order valence-electron chi connectivity index (χ2n) is 6.44. The topological polar surface area (TPSA) is 69.9 Å². The summed E-state index contributed by atoms with van der Waals surface area (Å²) in [6.07, 6.45) is 0. The number of piperazine rings is 1. The molecule has 0 atom stereocenters. The first-order chi connectivity index (χ1) is 13.0. The predicted molar refractivity (Wildman–Crippen MR) is 107 cm³/mol. The zero-order chi connectivity index (χ0) is 19.4. The number of nitro benzene ring substituents is 1. The summed E-state index contributed by atoms with van der Waals surface area (Å²) in [5, 5.41) is 11.6. The number of halogens is 1. The number of likely N-dealkylation sites (N-methyl/N-ethyl adjacent to an activating group) is 1. The molecule has 0 N–H and O–H groups in total. The Kier molecular flexibility index (Phi) is 5.93. The van der Waals surface area contributed by atoms with Crippen molar-refractivity contribution in [1.82, 2.24) is 4.90 Å². The summed E-state index contributed by atoms with van der Waals surface area (Å²) in [5.74, 6) is 0.0205.